The zero-order chi connectivity index (χ0) is 21.0. The standard InChI is InChI=1S/C22H31NO5/c1-2-3-9-14-19(23-28)15-10-6-4-5-7-11-16-20(24)21(25)17-12-8-13-18-22(26)27/h3-12,15-16,19-21,24-25H,2,13-14,17-18H2,1H3,(H,26,27)/b6-4-,7-5+,9-3-,12-8-,15-10+,16-11+/t19-,20+,21-/m0/s1. The van der Waals surface area contributed by atoms with E-state index in [2.05, 4.69) is 5.18 Å². The number of carbonyl (C=O) groups is 1. The molecule has 0 aromatic rings. The van der Waals surface area contributed by atoms with Crippen molar-refractivity contribution >= 4 is 5.97 Å². The normalized spacial score (nSPS) is 16.2. The van der Waals surface area contributed by atoms with Crippen LogP contribution in [0.1, 0.15) is 39.0 Å². The van der Waals surface area contributed by atoms with E-state index < -0.39 is 18.2 Å². The Balaban J connectivity index is 4.17. The quantitative estimate of drug-likeness (QED) is 0.221. The summed E-state index contributed by atoms with van der Waals surface area (Å²) in [4.78, 5) is 21.1. The molecule has 0 heterocycles. The third-order valence-electron chi connectivity index (χ3n) is 3.58. The van der Waals surface area contributed by atoms with Crippen molar-refractivity contribution in [2.24, 2.45) is 5.18 Å². The summed E-state index contributed by atoms with van der Waals surface area (Å²) in [5.74, 6) is -0.867. The Kier molecular flexibility index (Phi) is 16.2. The number of carboxylic acid groups (broad SMARTS) is 1. The Morgan fingerprint density at radius 3 is 2.11 bits per heavy atom. The first-order valence-electron chi connectivity index (χ1n) is 9.40. The largest absolute Gasteiger partial charge is 0.481 e. The predicted molar refractivity (Wildman–Crippen MR) is 113 cm³/mol. The van der Waals surface area contributed by atoms with E-state index in [-0.39, 0.29) is 18.9 Å². The minimum atomic E-state index is -1.01. The van der Waals surface area contributed by atoms with Gasteiger partial charge in [-0.2, -0.15) is 4.91 Å². The van der Waals surface area contributed by atoms with Crippen LogP contribution in [0.3, 0.4) is 0 Å². The molecule has 0 amide bonds. The van der Waals surface area contributed by atoms with Gasteiger partial charge in [-0.05, 0) is 25.7 Å². The Morgan fingerprint density at radius 2 is 1.50 bits per heavy atom. The summed E-state index contributed by atoms with van der Waals surface area (Å²) in [5.41, 5.74) is 0. The van der Waals surface area contributed by atoms with Gasteiger partial charge in [-0.3, -0.25) is 4.79 Å². The highest BCUT2D eigenvalue weighted by Gasteiger charge is 2.10. The molecule has 0 saturated heterocycles. The van der Waals surface area contributed by atoms with Gasteiger partial charge in [-0.1, -0.05) is 85.0 Å². The van der Waals surface area contributed by atoms with Gasteiger partial charge in [0.1, 0.15) is 6.04 Å². The molecular formula is C22H31NO5. The molecule has 0 unspecified atom stereocenters. The lowest BCUT2D eigenvalue weighted by atomic mass is 10.1. The smallest absolute Gasteiger partial charge is 0.303 e. The Hall–Kier alpha value is -2.57. The molecule has 28 heavy (non-hydrogen) atoms. The Labute approximate surface area is 167 Å². The second kappa shape index (κ2) is 17.8. The number of aliphatic hydroxyl groups is 2. The summed E-state index contributed by atoms with van der Waals surface area (Å²) in [6, 6.07) is -0.369. The maximum atomic E-state index is 10.7. The number of aliphatic carboxylic acids is 1. The number of rotatable bonds is 15. The molecule has 3 atom stereocenters. The van der Waals surface area contributed by atoms with Gasteiger partial charge in [0, 0.05) is 6.42 Å². The van der Waals surface area contributed by atoms with E-state index in [1.54, 1.807) is 54.7 Å². The molecule has 6 nitrogen and oxygen atoms in total. The van der Waals surface area contributed by atoms with Crippen molar-refractivity contribution in [3.8, 4) is 0 Å². The van der Waals surface area contributed by atoms with E-state index >= 15 is 0 Å². The highest BCUT2D eigenvalue weighted by Crippen LogP contribution is 2.04. The van der Waals surface area contributed by atoms with Crippen LogP contribution in [0, 0.1) is 4.91 Å². The monoisotopic (exact) mass is 389 g/mol. The first-order valence-corrected chi connectivity index (χ1v) is 9.40. The minimum Gasteiger partial charge on any atom is -0.481 e. The van der Waals surface area contributed by atoms with Crippen molar-refractivity contribution in [3.63, 3.8) is 0 Å². The summed E-state index contributed by atoms with van der Waals surface area (Å²) in [6.45, 7) is 2.03. The molecule has 0 saturated carbocycles. The van der Waals surface area contributed by atoms with E-state index in [9.17, 15) is 19.9 Å². The van der Waals surface area contributed by atoms with Gasteiger partial charge in [0.25, 0.3) is 0 Å². The molecule has 0 bridgehead atoms. The molecule has 154 valence electrons. The fourth-order valence-electron chi connectivity index (χ4n) is 2.01. The van der Waals surface area contributed by atoms with E-state index in [0.717, 1.165) is 6.42 Å². The van der Waals surface area contributed by atoms with Crippen LogP contribution in [0.2, 0.25) is 0 Å². The lowest BCUT2D eigenvalue weighted by Gasteiger charge is -2.11. The second-order valence-corrected chi connectivity index (χ2v) is 6.03. The summed E-state index contributed by atoms with van der Waals surface area (Å²) in [5, 5.41) is 31.2. The number of aliphatic hydroxyl groups excluding tert-OH is 2. The van der Waals surface area contributed by atoms with Crippen LogP contribution in [-0.4, -0.2) is 39.5 Å². The van der Waals surface area contributed by atoms with E-state index in [4.69, 9.17) is 5.11 Å². The van der Waals surface area contributed by atoms with Gasteiger partial charge >= 0.3 is 5.97 Å². The van der Waals surface area contributed by atoms with Crippen molar-refractivity contribution in [2.45, 2.75) is 57.3 Å². The van der Waals surface area contributed by atoms with Gasteiger partial charge in [-0.25, -0.2) is 0 Å². The average molecular weight is 389 g/mol. The third kappa shape index (κ3) is 15.7. The predicted octanol–water partition coefficient (Wildman–Crippen LogP) is 4.24. The zero-order valence-electron chi connectivity index (χ0n) is 16.3. The fourth-order valence-corrected chi connectivity index (χ4v) is 2.01. The first kappa shape index (κ1) is 25.4. The maximum absolute atomic E-state index is 10.7. The molecule has 0 rings (SSSR count). The Bertz CT molecular complexity index is 602. The van der Waals surface area contributed by atoms with Gasteiger partial charge in [0.15, 0.2) is 0 Å². The lowest BCUT2D eigenvalue weighted by molar-refractivity contribution is -0.136. The van der Waals surface area contributed by atoms with Gasteiger partial charge in [-0.15, -0.1) is 0 Å². The second-order valence-electron chi connectivity index (χ2n) is 6.03. The van der Waals surface area contributed by atoms with E-state index in [0.29, 0.717) is 12.8 Å². The molecule has 0 fully saturated rings. The molecule has 0 aliphatic heterocycles. The molecule has 0 radical (unpaired) electrons. The van der Waals surface area contributed by atoms with Crippen LogP contribution < -0.4 is 0 Å². The van der Waals surface area contributed by atoms with Crippen molar-refractivity contribution < 1.29 is 20.1 Å². The number of nitroso groups, excluding NO2 is 1. The van der Waals surface area contributed by atoms with E-state index in [1.165, 1.54) is 6.08 Å². The summed E-state index contributed by atoms with van der Waals surface area (Å²) >= 11 is 0. The minimum absolute atomic E-state index is 0.0464. The molecular weight excluding hydrogens is 358 g/mol. The number of hydrogen-bond acceptors (Lipinski definition) is 5. The Morgan fingerprint density at radius 1 is 0.893 bits per heavy atom. The number of nitrogens with zero attached hydrogens (tertiary/aromatic N) is 1. The summed E-state index contributed by atoms with van der Waals surface area (Å²) in [6.07, 6.45) is 21.2. The molecule has 0 spiro atoms. The maximum Gasteiger partial charge on any atom is 0.303 e. The van der Waals surface area contributed by atoms with Crippen molar-refractivity contribution in [2.75, 3.05) is 0 Å². The molecule has 0 aromatic carbocycles. The fraction of sp³-hybridized carbons (Fsp3) is 0.409. The number of allylic oxidation sites excluding steroid dienone is 8. The zero-order valence-corrected chi connectivity index (χ0v) is 16.3. The molecule has 3 N–H and O–H groups in total. The molecule has 0 aromatic heterocycles. The number of carboxylic acids is 1. The SMILES string of the molecule is CC/C=C\C[C@@H](/C=C/C=C\C=C\C=C\[C@@H](O)[C@@H](O)C/C=C\CCC(=O)O)N=O. The molecule has 0 aliphatic carbocycles. The molecule has 6 heteroatoms. The summed E-state index contributed by atoms with van der Waals surface area (Å²) < 4.78 is 0. The van der Waals surface area contributed by atoms with Gasteiger partial charge in [0.05, 0.1) is 12.2 Å². The highest BCUT2D eigenvalue weighted by atomic mass is 16.4. The van der Waals surface area contributed by atoms with Gasteiger partial charge in [0.2, 0.25) is 0 Å². The van der Waals surface area contributed by atoms with Crippen molar-refractivity contribution in [1.82, 2.24) is 0 Å². The van der Waals surface area contributed by atoms with Crippen LogP contribution in [0.5, 0.6) is 0 Å². The van der Waals surface area contributed by atoms with Crippen LogP contribution in [0.15, 0.2) is 78.1 Å². The first-order chi connectivity index (χ1) is 13.5. The topological polar surface area (TPSA) is 107 Å². The highest BCUT2D eigenvalue weighted by molar-refractivity contribution is 5.66. The van der Waals surface area contributed by atoms with Crippen LogP contribution in [-0.2, 0) is 4.79 Å². The number of hydrogen-bond donors (Lipinski definition) is 3. The lowest BCUT2D eigenvalue weighted by Crippen LogP contribution is -2.22. The van der Waals surface area contributed by atoms with Crippen LogP contribution >= 0.6 is 0 Å². The van der Waals surface area contributed by atoms with Crippen LogP contribution in [0.25, 0.3) is 0 Å². The van der Waals surface area contributed by atoms with E-state index in [1.807, 2.05) is 19.1 Å². The van der Waals surface area contributed by atoms with Crippen molar-refractivity contribution in [3.05, 3.63) is 77.8 Å². The third-order valence-corrected chi connectivity index (χ3v) is 3.58. The molecule has 0 aliphatic rings. The van der Waals surface area contributed by atoms with Gasteiger partial charge < -0.3 is 15.3 Å². The average Bonchev–Trinajstić information content (AvgIpc) is 2.67. The summed E-state index contributed by atoms with van der Waals surface area (Å²) in [7, 11) is 0. The van der Waals surface area contributed by atoms with Crippen molar-refractivity contribution in [1.29, 1.82) is 0 Å². The van der Waals surface area contributed by atoms with Crippen LogP contribution in [0.4, 0.5) is 0 Å².